The average Bonchev–Trinajstić information content (AvgIpc) is 2.93. The Hall–Kier alpha value is -1.92. The molecule has 39 heavy (non-hydrogen) atoms. The molecular formula is C33H56O6. The number of hydrogen-bond acceptors (Lipinski definition) is 5. The van der Waals surface area contributed by atoms with Gasteiger partial charge in [0.15, 0.2) is 0 Å². The van der Waals surface area contributed by atoms with Crippen molar-refractivity contribution in [3.63, 3.8) is 0 Å². The predicted molar refractivity (Wildman–Crippen MR) is 158 cm³/mol. The van der Waals surface area contributed by atoms with E-state index in [4.69, 9.17) is 19.3 Å². The van der Waals surface area contributed by atoms with Crippen molar-refractivity contribution in [1.82, 2.24) is 0 Å². The van der Waals surface area contributed by atoms with Gasteiger partial charge in [0.05, 0.1) is 13.2 Å². The van der Waals surface area contributed by atoms with E-state index in [1.165, 1.54) is 96.3 Å². The fourth-order valence-electron chi connectivity index (χ4n) is 4.54. The molecule has 0 bridgehead atoms. The van der Waals surface area contributed by atoms with Crippen LogP contribution in [0.1, 0.15) is 134 Å². The monoisotopic (exact) mass is 548 g/mol. The van der Waals surface area contributed by atoms with Crippen molar-refractivity contribution in [2.45, 2.75) is 142 Å². The Morgan fingerprint density at radius 3 is 1.77 bits per heavy atom. The summed E-state index contributed by atoms with van der Waals surface area (Å²) in [5.74, 6) is -1.31. The van der Waals surface area contributed by atoms with Crippen LogP contribution in [0.15, 0.2) is 30.3 Å². The molecule has 0 aromatic heterocycles. The lowest BCUT2D eigenvalue weighted by molar-refractivity contribution is -0.150. The Morgan fingerprint density at radius 2 is 1.23 bits per heavy atom. The van der Waals surface area contributed by atoms with Crippen molar-refractivity contribution in [3.05, 3.63) is 35.9 Å². The molecule has 0 saturated heterocycles. The maximum absolute atomic E-state index is 11.9. The molecule has 224 valence electrons. The van der Waals surface area contributed by atoms with Gasteiger partial charge in [-0.3, -0.25) is 9.59 Å². The summed E-state index contributed by atoms with van der Waals surface area (Å²) in [5.41, 5.74) is 1.05. The Labute approximate surface area is 238 Å². The normalized spacial score (nSPS) is 11.9. The van der Waals surface area contributed by atoms with Crippen molar-refractivity contribution < 1.29 is 28.9 Å². The second kappa shape index (κ2) is 26.3. The number of ether oxygens (including phenoxy) is 3. The molecule has 1 rings (SSSR count). The smallest absolute Gasteiger partial charge is 0.305 e. The molecule has 0 fully saturated rings. The summed E-state index contributed by atoms with van der Waals surface area (Å²) in [6.07, 6.45) is 21.5. The van der Waals surface area contributed by atoms with E-state index >= 15 is 0 Å². The second-order valence-electron chi connectivity index (χ2n) is 10.7. The molecule has 1 N–H and O–H groups in total. The number of carboxylic acids is 1. The molecule has 6 heteroatoms. The molecule has 6 nitrogen and oxygen atoms in total. The Kier molecular flexibility index (Phi) is 23.7. The summed E-state index contributed by atoms with van der Waals surface area (Å²) < 4.78 is 17.1. The van der Waals surface area contributed by atoms with Gasteiger partial charge in [-0.05, 0) is 18.4 Å². The summed E-state index contributed by atoms with van der Waals surface area (Å²) in [4.78, 5) is 22.6. The van der Waals surface area contributed by atoms with Gasteiger partial charge in [0.1, 0.15) is 12.7 Å². The van der Waals surface area contributed by atoms with Crippen LogP contribution in [0, 0.1) is 0 Å². The van der Waals surface area contributed by atoms with Gasteiger partial charge in [0, 0.05) is 19.4 Å². The molecule has 0 aliphatic rings. The van der Waals surface area contributed by atoms with Gasteiger partial charge in [0.2, 0.25) is 0 Å². The van der Waals surface area contributed by atoms with E-state index in [0.29, 0.717) is 19.8 Å². The van der Waals surface area contributed by atoms with E-state index in [9.17, 15) is 9.59 Å². The Morgan fingerprint density at radius 1 is 0.692 bits per heavy atom. The fraction of sp³-hybridized carbons (Fsp3) is 0.758. The number of rotatable bonds is 28. The van der Waals surface area contributed by atoms with Crippen molar-refractivity contribution >= 4 is 11.9 Å². The third kappa shape index (κ3) is 23.7. The highest BCUT2D eigenvalue weighted by molar-refractivity contribution is 5.71. The quantitative estimate of drug-likeness (QED) is 0.0833. The number of hydrogen-bond donors (Lipinski definition) is 1. The third-order valence-electron chi connectivity index (χ3n) is 6.98. The standard InChI is InChI=1S/C33H56O6/c1-2-3-4-5-6-7-8-9-10-11-12-13-14-15-16-20-26-37-28-31(38-27-30-22-18-17-19-23-30)29-39-33(36)25-21-24-32(34)35/h17-19,22-23,31H,2-16,20-21,24-29H2,1H3,(H,34,35)/t31-/m1/s1. The molecule has 1 aromatic carbocycles. The molecule has 0 spiro atoms. The lowest BCUT2D eigenvalue weighted by Crippen LogP contribution is -2.27. The first kappa shape index (κ1) is 35.1. The number of esters is 1. The highest BCUT2D eigenvalue weighted by Gasteiger charge is 2.14. The van der Waals surface area contributed by atoms with Crippen molar-refractivity contribution in [2.24, 2.45) is 0 Å². The van der Waals surface area contributed by atoms with Gasteiger partial charge in [-0.1, -0.05) is 134 Å². The maximum Gasteiger partial charge on any atom is 0.305 e. The molecule has 0 aliphatic heterocycles. The molecule has 1 atom stereocenters. The highest BCUT2D eigenvalue weighted by atomic mass is 16.6. The van der Waals surface area contributed by atoms with Crippen molar-refractivity contribution in [2.75, 3.05) is 19.8 Å². The van der Waals surface area contributed by atoms with Crippen LogP contribution in [0.3, 0.4) is 0 Å². The maximum atomic E-state index is 11.9. The van der Waals surface area contributed by atoms with Gasteiger partial charge >= 0.3 is 11.9 Å². The van der Waals surface area contributed by atoms with Gasteiger partial charge in [-0.2, -0.15) is 0 Å². The molecule has 0 unspecified atom stereocenters. The Bertz CT molecular complexity index is 693. The van der Waals surface area contributed by atoms with E-state index in [-0.39, 0.29) is 32.0 Å². The molecule has 0 aliphatic carbocycles. The molecular weight excluding hydrogens is 492 g/mol. The molecule has 0 amide bonds. The van der Waals surface area contributed by atoms with Crippen molar-refractivity contribution in [1.29, 1.82) is 0 Å². The number of aliphatic carboxylic acids is 1. The average molecular weight is 549 g/mol. The summed E-state index contributed by atoms with van der Waals surface area (Å²) in [6.45, 7) is 3.85. The van der Waals surface area contributed by atoms with Gasteiger partial charge in [-0.25, -0.2) is 0 Å². The highest BCUT2D eigenvalue weighted by Crippen LogP contribution is 2.14. The largest absolute Gasteiger partial charge is 0.481 e. The fourth-order valence-corrected chi connectivity index (χ4v) is 4.54. The van der Waals surface area contributed by atoms with Gasteiger partial charge in [0.25, 0.3) is 0 Å². The summed E-state index contributed by atoms with van der Waals surface area (Å²) in [6, 6.07) is 9.87. The van der Waals surface area contributed by atoms with Crippen LogP contribution >= 0.6 is 0 Å². The third-order valence-corrected chi connectivity index (χ3v) is 6.98. The molecule has 1 aromatic rings. The predicted octanol–water partition coefficient (Wildman–Crippen LogP) is 8.65. The van der Waals surface area contributed by atoms with E-state index in [1.807, 2.05) is 30.3 Å². The minimum atomic E-state index is -0.908. The number of carbonyl (C=O) groups excluding carboxylic acids is 1. The number of benzene rings is 1. The lowest BCUT2D eigenvalue weighted by Gasteiger charge is -2.18. The number of carboxylic acid groups (broad SMARTS) is 1. The SMILES string of the molecule is CCCCCCCCCCCCCCCCCCOC[C@H](COC(=O)CCCC(=O)O)OCc1ccccc1. The van der Waals surface area contributed by atoms with E-state index in [0.717, 1.165) is 12.0 Å². The topological polar surface area (TPSA) is 82.1 Å². The van der Waals surface area contributed by atoms with E-state index in [1.54, 1.807) is 0 Å². The Balaban J connectivity index is 2.05. The first-order valence-corrected chi connectivity index (χ1v) is 15.7. The van der Waals surface area contributed by atoms with Gasteiger partial charge in [-0.15, -0.1) is 0 Å². The minimum Gasteiger partial charge on any atom is -0.481 e. The summed E-state index contributed by atoms with van der Waals surface area (Å²) >= 11 is 0. The first-order chi connectivity index (χ1) is 19.1. The molecule has 0 heterocycles. The zero-order valence-electron chi connectivity index (χ0n) is 24.7. The van der Waals surface area contributed by atoms with Gasteiger partial charge < -0.3 is 19.3 Å². The first-order valence-electron chi connectivity index (χ1n) is 15.7. The lowest BCUT2D eigenvalue weighted by atomic mass is 10.0. The number of carbonyl (C=O) groups is 2. The minimum absolute atomic E-state index is 0.0363. The van der Waals surface area contributed by atoms with Crippen LogP contribution in [-0.4, -0.2) is 43.0 Å². The van der Waals surface area contributed by atoms with E-state index < -0.39 is 11.9 Å². The second-order valence-corrected chi connectivity index (χ2v) is 10.7. The number of unbranched alkanes of at least 4 members (excludes halogenated alkanes) is 15. The van der Waals surface area contributed by atoms with Crippen LogP contribution in [-0.2, 0) is 30.4 Å². The molecule has 0 saturated carbocycles. The van der Waals surface area contributed by atoms with Crippen LogP contribution in [0.2, 0.25) is 0 Å². The molecule has 0 radical (unpaired) electrons. The zero-order valence-corrected chi connectivity index (χ0v) is 24.7. The summed E-state index contributed by atoms with van der Waals surface area (Å²) in [5, 5.41) is 8.71. The van der Waals surface area contributed by atoms with Crippen LogP contribution < -0.4 is 0 Å². The van der Waals surface area contributed by atoms with Crippen LogP contribution in [0.4, 0.5) is 0 Å². The van der Waals surface area contributed by atoms with Crippen molar-refractivity contribution in [3.8, 4) is 0 Å². The van der Waals surface area contributed by atoms with Crippen LogP contribution in [0.5, 0.6) is 0 Å². The van der Waals surface area contributed by atoms with E-state index in [2.05, 4.69) is 6.92 Å². The zero-order chi connectivity index (χ0) is 28.2. The summed E-state index contributed by atoms with van der Waals surface area (Å²) in [7, 11) is 0. The van der Waals surface area contributed by atoms with Crippen LogP contribution in [0.25, 0.3) is 0 Å².